The molecule has 0 saturated heterocycles. The second-order valence-corrected chi connectivity index (χ2v) is 5.74. The monoisotopic (exact) mass is 254 g/mol. The van der Waals surface area contributed by atoms with Crippen LogP contribution in [-0.2, 0) is 10.1 Å². The second kappa shape index (κ2) is 8.00. The van der Waals surface area contributed by atoms with Crippen LogP contribution >= 0.6 is 0 Å². The largest absolute Gasteiger partial charge is 0.368 e. The summed E-state index contributed by atoms with van der Waals surface area (Å²) in [6.07, 6.45) is 2.55. The molecule has 1 unspecified atom stereocenters. The lowest BCUT2D eigenvalue weighted by Gasteiger charge is -2.13. The molecule has 3 N–H and O–H groups in total. The predicted molar refractivity (Wildman–Crippen MR) is 61.6 cm³/mol. The van der Waals surface area contributed by atoms with E-state index in [2.05, 4.69) is 0 Å². The maximum atomic E-state index is 11.0. The molecule has 0 radical (unpaired) electrons. The van der Waals surface area contributed by atoms with Crippen LogP contribution in [0.5, 0.6) is 0 Å². The van der Waals surface area contributed by atoms with Crippen LogP contribution in [0, 0.1) is 0 Å². The highest BCUT2D eigenvalue weighted by Crippen LogP contribution is 2.16. The number of hydrogen-bond donors (Lipinski definition) is 3. The van der Waals surface area contributed by atoms with Gasteiger partial charge in [0.05, 0.1) is 5.25 Å². The molecule has 0 amide bonds. The lowest BCUT2D eigenvalue weighted by atomic mass is 10.1. The Hall–Kier alpha value is -0.170. The summed E-state index contributed by atoms with van der Waals surface area (Å²) in [6, 6.07) is 0. The maximum absolute atomic E-state index is 11.0. The minimum absolute atomic E-state index is 0.242. The van der Waals surface area contributed by atoms with Crippen molar-refractivity contribution in [3.05, 3.63) is 0 Å². The van der Waals surface area contributed by atoms with Gasteiger partial charge in [-0.25, -0.2) is 0 Å². The van der Waals surface area contributed by atoms with E-state index in [1.807, 2.05) is 6.92 Å². The van der Waals surface area contributed by atoms with E-state index in [0.29, 0.717) is 25.7 Å². The summed E-state index contributed by atoms with van der Waals surface area (Å²) in [5, 5.41) is 16.5. The van der Waals surface area contributed by atoms with Crippen LogP contribution in [0.25, 0.3) is 0 Å². The average molecular weight is 254 g/mol. The highest BCUT2D eigenvalue weighted by Gasteiger charge is 2.21. The van der Waals surface area contributed by atoms with Gasteiger partial charge in [-0.05, 0) is 25.7 Å². The molecule has 0 aliphatic carbocycles. The van der Waals surface area contributed by atoms with Crippen molar-refractivity contribution >= 4 is 10.1 Å². The van der Waals surface area contributed by atoms with Crippen LogP contribution < -0.4 is 0 Å². The Morgan fingerprint density at radius 1 is 1.00 bits per heavy atom. The molecule has 0 heterocycles. The van der Waals surface area contributed by atoms with Gasteiger partial charge in [0.25, 0.3) is 10.1 Å². The van der Waals surface area contributed by atoms with Gasteiger partial charge < -0.3 is 10.2 Å². The molecule has 0 aromatic heterocycles. The first-order valence-electron chi connectivity index (χ1n) is 5.70. The molecule has 0 saturated carbocycles. The Labute approximate surface area is 97.2 Å². The standard InChI is InChI=1S/C10H22O5S/c1-2-3-6-9(16(13,14)15)7-4-5-8-10(11)12/h9-12H,2-8H2,1H3,(H,13,14,15). The first-order chi connectivity index (χ1) is 7.38. The second-order valence-electron chi connectivity index (χ2n) is 4.04. The normalized spacial score (nSPS) is 14.3. The lowest BCUT2D eigenvalue weighted by Crippen LogP contribution is -2.20. The van der Waals surface area contributed by atoms with Gasteiger partial charge >= 0.3 is 0 Å². The van der Waals surface area contributed by atoms with E-state index in [4.69, 9.17) is 14.8 Å². The number of rotatable bonds is 9. The van der Waals surface area contributed by atoms with Crippen LogP contribution in [0.1, 0.15) is 51.9 Å². The van der Waals surface area contributed by atoms with E-state index in [9.17, 15) is 8.42 Å². The Balaban J connectivity index is 3.94. The number of aliphatic hydroxyl groups excluding tert-OH is 1. The quantitative estimate of drug-likeness (QED) is 0.327. The van der Waals surface area contributed by atoms with Crippen molar-refractivity contribution < 1.29 is 23.2 Å². The van der Waals surface area contributed by atoms with Crippen molar-refractivity contribution in [1.29, 1.82) is 0 Å². The van der Waals surface area contributed by atoms with Crippen molar-refractivity contribution in [2.24, 2.45) is 0 Å². The molecule has 0 aliphatic rings. The summed E-state index contributed by atoms with van der Waals surface area (Å²) >= 11 is 0. The summed E-state index contributed by atoms with van der Waals surface area (Å²) in [4.78, 5) is 0. The van der Waals surface area contributed by atoms with Crippen molar-refractivity contribution in [2.45, 2.75) is 63.4 Å². The lowest BCUT2D eigenvalue weighted by molar-refractivity contribution is -0.0465. The van der Waals surface area contributed by atoms with E-state index in [0.717, 1.165) is 12.8 Å². The topological polar surface area (TPSA) is 94.8 Å². The third-order valence-electron chi connectivity index (χ3n) is 2.54. The third-order valence-corrected chi connectivity index (χ3v) is 3.85. The summed E-state index contributed by atoms with van der Waals surface area (Å²) in [5.74, 6) is 0. The zero-order valence-corrected chi connectivity index (χ0v) is 10.5. The third kappa shape index (κ3) is 8.04. The van der Waals surface area contributed by atoms with E-state index < -0.39 is 21.7 Å². The first kappa shape index (κ1) is 15.8. The molecule has 0 fully saturated rings. The minimum atomic E-state index is -3.96. The summed E-state index contributed by atoms with van der Waals surface area (Å²) in [6.45, 7) is 1.96. The van der Waals surface area contributed by atoms with Crippen LogP contribution in [0.2, 0.25) is 0 Å². The number of hydrogen-bond acceptors (Lipinski definition) is 4. The van der Waals surface area contributed by atoms with Gasteiger partial charge in [-0.1, -0.05) is 26.2 Å². The van der Waals surface area contributed by atoms with Gasteiger partial charge in [-0.2, -0.15) is 8.42 Å². The SMILES string of the molecule is CCCCC(CCCCC(O)O)S(=O)(=O)O. The Morgan fingerprint density at radius 3 is 1.94 bits per heavy atom. The fourth-order valence-corrected chi connectivity index (χ4v) is 2.50. The summed E-state index contributed by atoms with van der Waals surface area (Å²) in [7, 11) is -3.96. The Bertz CT molecular complexity index is 260. The maximum Gasteiger partial charge on any atom is 0.267 e. The fraction of sp³-hybridized carbons (Fsp3) is 1.00. The highest BCUT2D eigenvalue weighted by molar-refractivity contribution is 7.86. The summed E-state index contributed by atoms with van der Waals surface area (Å²) < 4.78 is 31.0. The van der Waals surface area contributed by atoms with Gasteiger partial charge in [0, 0.05) is 0 Å². The molecule has 6 heteroatoms. The van der Waals surface area contributed by atoms with Gasteiger partial charge in [-0.15, -0.1) is 0 Å². The molecular formula is C10H22O5S. The van der Waals surface area contributed by atoms with E-state index in [1.165, 1.54) is 0 Å². The Morgan fingerprint density at radius 2 is 1.50 bits per heavy atom. The molecular weight excluding hydrogens is 232 g/mol. The van der Waals surface area contributed by atoms with Crippen molar-refractivity contribution in [3.8, 4) is 0 Å². The molecule has 0 rings (SSSR count). The Kier molecular flexibility index (Phi) is 7.91. The van der Waals surface area contributed by atoms with Crippen molar-refractivity contribution in [3.63, 3.8) is 0 Å². The van der Waals surface area contributed by atoms with Crippen LogP contribution in [0.15, 0.2) is 0 Å². The highest BCUT2D eigenvalue weighted by atomic mass is 32.2. The smallest absolute Gasteiger partial charge is 0.267 e. The van der Waals surface area contributed by atoms with Crippen molar-refractivity contribution in [1.82, 2.24) is 0 Å². The minimum Gasteiger partial charge on any atom is -0.368 e. The average Bonchev–Trinajstić information content (AvgIpc) is 2.14. The van der Waals surface area contributed by atoms with Crippen LogP contribution in [0.4, 0.5) is 0 Å². The van der Waals surface area contributed by atoms with Crippen LogP contribution in [-0.4, -0.2) is 34.7 Å². The van der Waals surface area contributed by atoms with Gasteiger partial charge in [-0.3, -0.25) is 4.55 Å². The van der Waals surface area contributed by atoms with Crippen LogP contribution in [0.3, 0.4) is 0 Å². The molecule has 0 spiro atoms. The van der Waals surface area contributed by atoms with Gasteiger partial charge in [0.15, 0.2) is 6.29 Å². The summed E-state index contributed by atoms with van der Waals surface area (Å²) in [5.41, 5.74) is 0. The molecule has 0 aromatic rings. The zero-order chi connectivity index (χ0) is 12.6. The molecule has 0 aliphatic heterocycles. The molecule has 16 heavy (non-hydrogen) atoms. The predicted octanol–water partition coefficient (Wildman–Crippen LogP) is 1.30. The number of aliphatic hydroxyl groups is 2. The first-order valence-corrected chi connectivity index (χ1v) is 7.20. The molecule has 0 aromatic carbocycles. The number of unbranched alkanes of at least 4 members (excludes halogenated alkanes) is 2. The van der Waals surface area contributed by atoms with E-state index in [1.54, 1.807) is 0 Å². The van der Waals surface area contributed by atoms with E-state index >= 15 is 0 Å². The van der Waals surface area contributed by atoms with E-state index in [-0.39, 0.29) is 6.42 Å². The van der Waals surface area contributed by atoms with Gasteiger partial charge in [0.2, 0.25) is 0 Å². The van der Waals surface area contributed by atoms with Crippen molar-refractivity contribution in [2.75, 3.05) is 0 Å². The molecule has 98 valence electrons. The molecule has 5 nitrogen and oxygen atoms in total. The molecule has 0 bridgehead atoms. The van der Waals surface area contributed by atoms with Gasteiger partial charge in [0.1, 0.15) is 0 Å². The zero-order valence-electron chi connectivity index (χ0n) is 9.67. The molecule has 1 atom stereocenters. The fourth-order valence-electron chi connectivity index (χ4n) is 1.57.